The molecule has 16 heavy (non-hydrogen) atoms. The van der Waals surface area contributed by atoms with Crippen molar-refractivity contribution in [2.75, 3.05) is 7.11 Å². The minimum atomic E-state index is -1.82. The van der Waals surface area contributed by atoms with Crippen molar-refractivity contribution in [3.63, 3.8) is 0 Å². The van der Waals surface area contributed by atoms with Crippen molar-refractivity contribution in [2.45, 2.75) is 12.1 Å². The average Bonchev–Trinajstić information content (AvgIpc) is 2.41. The van der Waals surface area contributed by atoms with Gasteiger partial charge in [-0.2, -0.15) is 0 Å². The molecule has 88 valence electrons. The monoisotopic (exact) mass is 230 g/mol. The lowest BCUT2D eigenvalue weighted by Gasteiger charge is -2.17. The minimum Gasteiger partial charge on any atom is -0.504 e. The molecule has 0 radical (unpaired) electrons. The molecule has 0 aliphatic carbocycles. The van der Waals surface area contributed by atoms with Crippen LogP contribution in [0.2, 0.25) is 0 Å². The number of carbonyl (C=O) groups excluding carboxylic acids is 1. The molecular formula is C10H13NO5. The van der Waals surface area contributed by atoms with E-state index in [1.54, 1.807) is 0 Å². The molecule has 5 N–H and O–H groups in total. The smallest absolute Gasteiger partial charge is 0.325 e. The Balaban J connectivity index is 3.39. The summed E-state index contributed by atoms with van der Waals surface area (Å²) < 4.78 is 26.7. The van der Waals surface area contributed by atoms with Gasteiger partial charge in [-0.3, -0.25) is 4.79 Å². The Morgan fingerprint density at radius 1 is 1.50 bits per heavy atom. The highest BCUT2D eigenvalue weighted by Gasteiger charge is 2.25. The number of carbonyl (C=O) groups is 1. The first-order valence-corrected chi connectivity index (χ1v) is 4.27. The zero-order valence-electron chi connectivity index (χ0n) is 11.4. The lowest BCUT2D eigenvalue weighted by molar-refractivity contribution is -0.145. The largest absolute Gasteiger partial charge is 0.504 e. The van der Waals surface area contributed by atoms with Crippen molar-refractivity contribution in [2.24, 2.45) is 5.73 Å². The third-order valence-electron chi connectivity index (χ3n) is 1.90. The number of aromatic hydroxyl groups is 2. The van der Waals surface area contributed by atoms with E-state index >= 15 is 0 Å². The Morgan fingerprint density at radius 3 is 2.69 bits per heavy atom. The first-order valence-electron chi connectivity index (χ1n) is 5.77. The summed E-state index contributed by atoms with van der Waals surface area (Å²) in [6.45, 7) is 0. The molecule has 0 aliphatic heterocycles. The number of phenols is 2. The molecule has 0 bridgehead atoms. The van der Waals surface area contributed by atoms with Gasteiger partial charge in [0.15, 0.2) is 11.5 Å². The lowest BCUT2D eigenvalue weighted by atomic mass is 10.0. The fourth-order valence-electron chi connectivity index (χ4n) is 0.996. The maximum absolute atomic E-state index is 11.2. The number of aliphatic hydroxyl groups excluding tert-OH is 1. The van der Waals surface area contributed by atoms with Crippen LogP contribution in [0.15, 0.2) is 18.1 Å². The summed E-state index contributed by atoms with van der Waals surface area (Å²) >= 11 is 0. The van der Waals surface area contributed by atoms with Crippen LogP contribution in [0.3, 0.4) is 0 Å². The van der Waals surface area contributed by atoms with E-state index in [0.29, 0.717) is 0 Å². The number of esters is 1. The molecule has 2 atom stereocenters. The van der Waals surface area contributed by atoms with Gasteiger partial charge in [0, 0.05) is 0 Å². The zero-order valence-corrected chi connectivity index (χ0v) is 8.39. The van der Waals surface area contributed by atoms with E-state index in [2.05, 4.69) is 4.74 Å². The molecule has 0 saturated carbocycles. The van der Waals surface area contributed by atoms with E-state index in [0.717, 1.165) is 7.11 Å². The zero-order chi connectivity index (χ0) is 14.9. The molecule has 0 amide bonds. The predicted molar refractivity (Wildman–Crippen MR) is 54.7 cm³/mol. The molecule has 0 aromatic heterocycles. The van der Waals surface area contributed by atoms with Crippen LogP contribution in [-0.4, -0.2) is 34.4 Å². The van der Waals surface area contributed by atoms with Gasteiger partial charge in [0.05, 0.1) is 11.2 Å². The van der Waals surface area contributed by atoms with Crippen molar-refractivity contribution in [3.05, 3.63) is 23.7 Å². The Bertz CT molecular complexity index is 493. The second-order valence-electron chi connectivity index (χ2n) is 2.98. The number of nitrogens with two attached hydrogens (primary N) is 1. The fourth-order valence-corrected chi connectivity index (χ4v) is 0.996. The van der Waals surface area contributed by atoms with Crippen LogP contribution in [0.25, 0.3) is 0 Å². The number of phenolic OH excluding ortho intramolecular Hbond substituents is 2. The molecule has 6 nitrogen and oxygen atoms in total. The topological polar surface area (TPSA) is 113 Å². The second kappa shape index (κ2) is 4.82. The lowest BCUT2D eigenvalue weighted by Crippen LogP contribution is -2.37. The highest BCUT2D eigenvalue weighted by molar-refractivity contribution is 5.76. The molecule has 0 saturated heterocycles. The van der Waals surface area contributed by atoms with Gasteiger partial charge in [0.25, 0.3) is 0 Å². The highest BCUT2D eigenvalue weighted by Crippen LogP contribution is 2.28. The SMILES string of the molecule is [2H]c1c([2H])c([C@H](O)[C@@H](N)C(=O)OC)c([2H])c(O)c1O. The fraction of sp³-hybridized carbons (Fsp3) is 0.300. The number of aliphatic hydroxyl groups is 1. The van der Waals surface area contributed by atoms with Gasteiger partial charge in [-0.05, 0) is 17.6 Å². The summed E-state index contributed by atoms with van der Waals surface area (Å²) in [5, 5.41) is 28.5. The van der Waals surface area contributed by atoms with Crippen LogP contribution in [-0.2, 0) is 9.53 Å². The van der Waals surface area contributed by atoms with Crippen molar-refractivity contribution in [1.29, 1.82) is 0 Å². The van der Waals surface area contributed by atoms with Gasteiger partial charge in [0.2, 0.25) is 0 Å². The molecular weight excluding hydrogens is 214 g/mol. The summed E-state index contributed by atoms with van der Waals surface area (Å²) in [4.78, 5) is 11.2. The van der Waals surface area contributed by atoms with Crippen molar-refractivity contribution >= 4 is 5.97 Å². The summed E-state index contributed by atoms with van der Waals surface area (Å²) in [5.74, 6) is -2.89. The van der Waals surface area contributed by atoms with Gasteiger partial charge in [-0.25, -0.2) is 0 Å². The Hall–Kier alpha value is -1.79. The van der Waals surface area contributed by atoms with E-state index < -0.39 is 53.3 Å². The maximum Gasteiger partial charge on any atom is 0.325 e. The number of benzene rings is 1. The van der Waals surface area contributed by atoms with Crippen LogP contribution < -0.4 is 5.73 Å². The van der Waals surface area contributed by atoms with E-state index in [1.165, 1.54) is 0 Å². The molecule has 0 unspecified atom stereocenters. The molecule has 0 spiro atoms. The van der Waals surface area contributed by atoms with Crippen LogP contribution >= 0.6 is 0 Å². The summed E-state index contributed by atoms with van der Waals surface area (Å²) in [6, 6.07) is -3.83. The molecule has 6 heteroatoms. The van der Waals surface area contributed by atoms with E-state index in [-0.39, 0.29) is 0 Å². The van der Waals surface area contributed by atoms with Crippen LogP contribution in [0.4, 0.5) is 0 Å². The van der Waals surface area contributed by atoms with Crippen LogP contribution in [0, 0.1) is 0 Å². The Labute approximate surface area is 96.1 Å². The molecule has 1 aromatic carbocycles. The molecule has 0 aliphatic rings. The summed E-state index contributed by atoms with van der Waals surface area (Å²) in [6.07, 6.45) is -1.82. The maximum atomic E-state index is 11.2. The Morgan fingerprint density at radius 2 is 2.12 bits per heavy atom. The molecule has 1 rings (SSSR count). The summed E-state index contributed by atoms with van der Waals surface area (Å²) in [5.41, 5.74) is 4.85. The Kier molecular flexibility index (Phi) is 2.52. The van der Waals surface area contributed by atoms with Crippen molar-refractivity contribution < 1.29 is 29.0 Å². The van der Waals surface area contributed by atoms with E-state index in [9.17, 15) is 20.1 Å². The first kappa shape index (κ1) is 8.37. The quantitative estimate of drug-likeness (QED) is 0.416. The molecule has 0 fully saturated rings. The van der Waals surface area contributed by atoms with Crippen molar-refractivity contribution in [3.8, 4) is 11.5 Å². The number of hydrogen-bond donors (Lipinski definition) is 4. The summed E-state index contributed by atoms with van der Waals surface area (Å²) in [7, 11) is 1.04. The first-order chi connectivity index (χ1) is 8.73. The predicted octanol–water partition coefficient (Wildman–Crippen LogP) is -0.369. The number of ether oxygens (including phenoxy) is 1. The normalized spacial score (nSPS) is 16.8. The van der Waals surface area contributed by atoms with E-state index in [1.807, 2.05) is 0 Å². The number of hydrogen-bond acceptors (Lipinski definition) is 6. The standard InChI is InChI=1S/C10H13NO5/c1-16-10(15)8(11)9(14)5-2-3-6(12)7(13)4-5/h2-4,8-9,12-14H,11H2,1H3/t8-,9+/m1/s1/i2D,3D,4D. The van der Waals surface area contributed by atoms with Gasteiger partial charge >= 0.3 is 5.97 Å². The molecule has 1 aromatic rings. The third-order valence-corrected chi connectivity index (χ3v) is 1.90. The van der Waals surface area contributed by atoms with Gasteiger partial charge in [0.1, 0.15) is 12.1 Å². The number of rotatable bonds is 3. The van der Waals surface area contributed by atoms with Crippen molar-refractivity contribution in [1.82, 2.24) is 0 Å². The average molecular weight is 230 g/mol. The van der Waals surface area contributed by atoms with Crippen LogP contribution in [0.5, 0.6) is 11.5 Å². The van der Waals surface area contributed by atoms with Gasteiger partial charge in [-0.15, -0.1) is 0 Å². The van der Waals surface area contributed by atoms with E-state index in [4.69, 9.17) is 9.85 Å². The third kappa shape index (κ3) is 2.41. The van der Waals surface area contributed by atoms with Gasteiger partial charge in [-0.1, -0.05) is 6.04 Å². The number of methoxy groups -OCH3 is 1. The second-order valence-corrected chi connectivity index (χ2v) is 2.98. The van der Waals surface area contributed by atoms with Crippen LogP contribution in [0.1, 0.15) is 15.8 Å². The molecule has 0 heterocycles. The van der Waals surface area contributed by atoms with Gasteiger partial charge < -0.3 is 25.8 Å². The minimum absolute atomic E-state index is 0.529. The highest BCUT2D eigenvalue weighted by atomic mass is 16.5.